The van der Waals surface area contributed by atoms with Crippen molar-refractivity contribution in [3.8, 4) is 0 Å². The van der Waals surface area contributed by atoms with E-state index in [4.69, 9.17) is 0 Å². The van der Waals surface area contributed by atoms with Crippen LogP contribution in [0.4, 0.5) is 11.4 Å². The molecule has 0 aliphatic heterocycles. The maximum Gasteiger partial charge on any atom is 0.240 e. The van der Waals surface area contributed by atoms with E-state index in [9.17, 15) is 0 Å². The van der Waals surface area contributed by atoms with E-state index in [1.165, 1.54) is 21.8 Å². The van der Waals surface area contributed by atoms with Gasteiger partial charge < -0.3 is 22.7 Å². The van der Waals surface area contributed by atoms with E-state index in [0.717, 1.165) is 22.4 Å². The number of para-hydroxylation sites is 2. The van der Waals surface area contributed by atoms with E-state index in [0.29, 0.717) is 0 Å². The summed E-state index contributed by atoms with van der Waals surface area (Å²) in [4.78, 5) is 7.82. The van der Waals surface area contributed by atoms with Crippen molar-refractivity contribution in [2.24, 2.45) is 7.05 Å². The van der Waals surface area contributed by atoms with Gasteiger partial charge >= 0.3 is 0 Å². The Morgan fingerprint density at radius 2 is 1.69 bits per heavy atom. The third kappa shape index (κ3) is 2.38. The van der Waals surface area contributed by atoms with Crippen LogP contribution in [0.25, 0.3) is 32.8 Å². The number of nitrogens with one attached hydrogen (secondary N) is 2. The number of aromatic amines is 1. The van der Waals surface area contributed by atoms with Crippen LogP contribution in [0.3, 0.4) is 0 Å². The average molecular weight is 361 g/mol. The first-order valence-electron chi connectivity index (χ1n) is 8.31. The molecule has 0 aliphatic rings. The van der Waals surface area contributed by atoms with Crippen molar-refractivity contribution in [1.29, 1.82) is 0 Å². The van der Waals surface area contributed by atoms with Crippen molar-refractivity contribution >= 4 is 44.2 Å². The largest absolute Gasteiger partial charge is 1.00 e. The fourth-order valence-electron chi connectivity index (χ4n) is 3.60. The molecule has 0 radical (unpaired) electrons. The highest BCUT2D eigenvalue weighted by Gasteiger charge is 2.22. The third-order valence-corrected chi connectivity index (χ3v) is 4.73. The van der Waals surface area contributed by atoms with Crippen LogP contribution in [-0.4, -0.2) is 9.97 Å². The number of fused-ring (bicyclic) bond motifs is 4. The van der Waals surface area contributed by atoms with Crippen LogP contribution in [0.5, 0.6) is 0 Å². The highest BCUT2D eigenvalue weighted by atomic mass is 35.5. The number of H-pyrrole nitrogens is 1. The van der Waals surface area contributed by atoms with Crippen LogP contribution in [0.2, 0.25) is 0 Å². The quantitative estimate of drug-likeness (QED) is 0.468. The lowest BCUT2D eigenvalue weighted by Crippen LogP contribution is -3.00. The Hall–Kier alpha value is -3.11. The Kier molecular flexibility index (Phi) is 3.98. The second-order valence-corrected chi connectivity index (χ2v) is 6.21. The SMILES string of the molecule is C[n+]1c2ccccc2c(Nc2cccnc2)c2[nH]c3ccccc3c21.[Cl-]. The monoisotopic (exact) mass is 360 g/mol. The van der Waals surface area contributed by atoms with Gasteiger partial charge in [-0.2, -0.15) is 4.57 Å². The van der Waals surface area contributed by atoms with Gasteiger partial charge in [-0.05, 0) is 30.3 Å². The van der Waals surface area contributed by atoms with E-state index in [-0.39, 0.29) is 12.4 Å². The number of aryl methyl sites for hydroxylation is 1. The number of halogens is 1. The lowest BCUT2D eigenvalue weighted by Gasteiger charge is -2.10. The molecule has 0 saturated heterocycles. The predicted octanol–water partition coefficient (Wildman–Crippen LogP) is 1.44. The number of nitrogens with zero attached hydrogens (tertiary/aromatic N) is 2. The van der Waals surface area contributed by atoms with Crippen molar-refractivity contribution in [3.05, 3.63) is 73.1 Å². The second kappa shape index (κ2) is 6.32. The second-order valence-electron chi connectivity index (χ2n) is 6.21. The fourth-order valence-corrected chi connectivity index (χ4v) is 3.60. The van der Waals surface area contributed by atoms with Crippen LogP contribution in [-0.2, 0) is 7.05 Å². The van der Waals surface area contributed by atoms with Crippen molar-refractivity contribution in [2.75, 3.05) is 5.32 Å². The first kappa shape index (κ1) is 16.4. The molecule has 0 unspecified atom stereocenters. The summed E-state index contributed by atoms with van der Waals surface area (Å²) < 4.78 is 2.26. The molecule has 0 amide bonds. The highest BCUT2D eigenvalue weighted by molar-refractivity contribution is 6.13. The molecule has 2 aromatic carbocycles. The number of pyridine rings is 2. The predicted molar refractivity (Wildman–Crippen MR) is 102 cm³/mol. The van der Waals surface area contributed by atoms with Crippen LogP contribution >= 0.6 is 0 Å². The van der Waals surface area contributed by atoms with Gasteiger partial charge in [-0.25, -0.2) is 0 Å². The Morgan fingerprint density at radius 3 is 2.50 bits per heavy atom. The van der Waals surface area contributed by atoms with Gasteiger partial charge in [0.05, 0.1) is 33.9 Å². The summed E-state index contributed by atoms with van der Waals surface area (Å²) >= 11 is 0. The van der Waals surface area contributed by atoms with Gasteiger partial charge in [0.1, 0.15) is 12.6 Å². The number of benzene rings is 2. The minimum Gasteiger partial charge on any atom is -1.00 e. The zero-order chi connectivity index (χ0) is 16.8. The molecule has 26 heavy (non-hydrogen) atoms. The van der Waals surface area contributed by atoms with Crippen molar-refractivity contribution in [1.82, 2.24) is 9.97 Å². The van der Waals surface area contributed by atoms with Crippen LogP contribution in [0.15, 0.2) is 73.1 Å². The molecule has 2 N–H and O–H groups in total. The molecule has 5 rings (SSSR count). The first-order chi connectivity index (χ1) is 12.3. The van der Waals surface area contributed by atoms with Gasteiger partial charge in [-0.1, -0.05) is 24.3 Å². The molecule has 5 aromatic rings. The zero-order valence-corrected chi connectivity index (χ0v) is 15.0. The summed E-state index contributed by atoms with van der Waals surface area (Å²) in [6.45, 7) is 0. The fraction of sp³-hybridized carbons (Fsp3) is 0.0476. The summed E-state index contributed by atoms with van der Waals surface area (Å²) in [5, 5.41) is 5.97. The molecule has 3 heterocycles. The molecule has 3 aromatic heterocycles. The van der Waals surface area contributed by atoms with Gasteiger partial charge in [0.25, 0.3) is 0 Å². The van der Waals surface area contributed by atoms with Crippen LogP contribution in [0.1, 0.15) is 0 Å². The van der Waals surface area contributed by atoms with Gasteiger partial charge in [0, 0.05) is 12.3 Å². The molecule has 4 nitrogen and oxygen atoms in total. The summed E-state index contributed by atoms with van der Waals surface area (Å²) in [6, 6.07) is 20.9. The van der Waals surface area contributed by atoms with E-state index < -0.39 is 0 Å². The Morgan fingerprint density at radius 1 is 0.923 bits per heavy atom. The van der Waals surface area contributed by atoms with Crippen molar-refractivity contribution < 1.29 is 17.0 Å². The van der Waals surface area contributed by atoms with Crippen molar-refractivity contribution in [2.45, 2.75) is 0 Å². The van der Waals surface area contributed by atoms with Gasteiger partial charge in [0.2, 0.25) is 11.0 Å². The number of aromatic nitrogens is 3. The first-order valence-corrected chi connectivity index (χ1v) is 8.31. The Labute approximate surface area is 156 Å². The molecular formula is C21H17ClN4. The highest BCUT2D eigenvalue weighted by Crippen LogP contribution is 2.34. The Balaban J connectivity index is 0.00000168. The Bertz CT molecular complexity index is 1230. The average Bonchev–Trinajstić information content (AvgIpc) is 3.06. The summed E-state index contributed by atoms with van der Waals surface area (Å²) in [7, 11) is 2.12. The lowest BCUT2D eigenvalue weighted by molar-refractivity contribution is -0.616. The molecular weight excluding hydrogens is 344 g/mol. The van der Waals surface area contributed by atoms with Gasteiger partial charge in [-0.15, -0.1) is 0 Å². The molecule has 0 aliphatic carbocycles. The molecule has 0 fully saturated rings. The topological polar surface area (TPSA) is 44.6 Å². The van der Waals surface area contributed by atoms with Crippen LogP contribution in [0, 0.1) is 0 Å². The van der Waals surface area contributed by atoms with Crippen molar-refractivity contribution in [3.63, 3.8) is 0 Å². The summed E-state index contributed by atoms with van der Waals surface area (Å²) in [5.74, 6) is 0. The maximum atomic E-state index is 4.22. The minimum absolute atomic E-state index is 0. The minimum atomic E-state index is 0. The third-order valence-electron chi connectivity index (χ3n) is 4.73. The standard InChI is InChI=1S/C21H16N4.ClH/c1-25-18-11-5-3-9-16(18)19(23-14-7-6-12-22-13-14)20-21(25)15-8-2-4-10-17(15)24-20;/h2-13H,1H3,(H,23,24);1H. The lowest BCUT2D eigenvalue weighted by atomic mass is 10.1. The molecule has 0 saturated carbocycles. The molecule has 0 bridgehead atoms. The normalized spacial score (nSPS) is 11.0. The zero-order valence-electron chi connectivity index (χ0n) is 14.2. The summed E-state index contributed by atoms with van der Waals surface area (Å²) in [5.41, 5.74) is 6.67. The van der Waals surface area contributed by atoms with E-state index in [2.05, 4.69) is 75.4 Å². The molecule has 128 valence electrons. The van der Waals surface area contributed by atoms with E-state index in [1.54, 1.807) is 6.20 Å². The molecule has 5 heteroatoms. The number of rotatable bonds is 2. The number of hydrogen-bond donors (Lipinski definition) is 2. The van der Waals surface area contributed by atoms with Gasteiger partial charge in [0.15, 0.2) is 0 Å². The van der Waals surface area contributed by atoms with Gasteiger partial charge in [-0.3, -0.25) is 4.98 Å². The summed E-state index contributed by atoms with van der Waals surface area (Å²) in [6.07, 6.45) is 3.63. The maximum absolute atomic E-state index is 4.22. The smallest absolute Gasteiger partial charge is 0.240 e. The molecule has 0 atom stereocenters. The van der Waals surface area contributed by atoms with E-state index >= 15 is 0 Å². The number of anilines is 2. The van der Waals surface area contributed by atoms with E-state index in [1.807, 2.05) is 18.3 Å². The number of hydrogen-bond acceptors (Lipinski definition) is 2. The molecule has 0 spiro atoms. The van der Waals surface area contributed by atoms with Crippen LogP contribution < -0.4 is 22.3 Å².